The van der Waals surface area contributed by atoms with Crippen LogP contribution in [0.3, 0.4) is 0 Å². The van der Waals surface area contributed by atoms with Crippen molar-refractivity contribution in [2.24, 2.45) is 11.5 Å². The summed E-state index contributed by atoms with van der Waals surface area (Å²) in [6.45, 7) is 1.72. The number of thiophene rings is 1. The molecular formula is C24H28FN4O7PS2. The second kappa shape index (κ2) is 13.9. The van der Waals surface area contributed by atoms with Crippen LogP contribution in [-0.2, 0) is 14.6 Å². The van der Waals surface area contributed by atoms with E-state index < -0.39 is 29.7 Å². The molecule has 0 radical (unpaired) electrons. The van der Waals surface area contributed by atoms with Gasteiger partial charge in [-0.3, -0.25) is 0 Å². The Morgan fingerprint density at radius 1 is 1.03 bits per heavy atom. The third-order valence-electron chi connectivity index (χ3n) is 5.05. The molecule has 0 amide bonds. The lowest BCUT2D eigenvalue weighted by Crippen LogP contribution is -2.25. The average molecular weight is 599 g/mol. The molecule has 3 aromatic rings. The number of halogens is 1. The fourth-order valence-electron chi connectivity index (χ4n) is 3.12. The molecule has 39 heavy (non-hydrogen) atoms. The Morgan fingerprint density at radius 2 is 1.72 bits per heavy atom. The molecular weight excluding hydrogens is 570 g/mol. The van der Waals surface area contributed by atoms with Crippen molar-refractivity contribution >= 4 is 29.0 Å². The molecule has 0 saturated heterocycles. The van der Waals surface area contributed by atoms with E-state index in [1.54, 1.807) is 30.3 Å². The summed E-state index contributed by atoms with van der Waals surface area (Å²) >= 11 is 0.942. The molecule has 210 valence electrons. The fraction of sp³-hybridized carbons (Fsp3) is 0.292. The maximum Gasteiger partial charge on any atom is 0.391 e. The van der Waals surface area contributed by atoms with Crippen LogP contribution in [-0.4, -0.2) is 45.9 Å². The van der Waals surface area contributed by atoms with Gasteiger partial charge in [-0.15, -0.1) is 11.3 Å². The topological polar surface area (TPSA) is 187 Å². The molecule has 11 nitrogen and oxygen atoms in total. The molecule has 0 saturated carbocycles. The van der Waals surface area contributed by atoms with Gasteiger partial charge >= 0.3 is 7.60 Å². The average Bonchev–Trinajstić information content (AvgIpc) is 3.40. The molecule has 0 aliphatic heterocycles. The second-order valence-corrected chi connectivity index (χ2v) is 12.9. The highest BCUT2D eigenvalue weighted by atomic mass is 32.2. The molecule has 15 heteroatoms. The number of nitriles is 1. The van der Waals surface area contributed by atoms with Crippen LogP contribution in [0.2, 0.25) is 0 Å². The maximum absolute atomic E-state index is 13.8. The zero-order chi connectivity index (χ0) is 28.5. The standard InChI is InChI=1S/C24H28FN4O7PS2/c25-20-14-19(5-3-18(20)15-28)36-37(30,31)16-29-39(32,33)24-8-7-23(38-24)17-4-6-21(34-11-1-9-26)22(13-17)35-12-2-10-27/h3-8,13-14,29H,1-2,9-12,16,26-27H2,(H,30,31). The maximum atomic E-state index is 13.8. The number of benzene rings is 2. The predicted octanol–water partition coefficient (Wildman–Crippen LogP) is 3.38. The molecule has 0 fully saturated rings. The summed E-state index contributed by atoms with van der Waals surface area (Å²) in [5, 5.41) is 8.78. The minimum Gasteiger partial charge on any atom is -0.490 e. The fourth-order valence-corrected chi connectivity index (χ4v) is 6.97. The first-order valence-electron chi connectivity index (χ1n) is 11.7. The Morgan fingerprint density at radius 3 is 2.36 bits per heavy atom. The lowest BCUT2D eigenvalue weighted by molar-refractivity contribution is 0.265. The van der Waals surface area contributed by atoms with Gasteiger partial charge < -0.3 is 30.4 Å². The smallest absolute Gasteiger partial charge is 0.391 e. The van der Waals surface area contributed by atoms with Crippen molar-refractivity contribution in [3.05, 3.63) is 59.9 Å². The van der Waals surface area contributed by atoms with Crippen LogP contribution in [0.5, 0.6) is 17.2 Å². The minimum absolute atomic E-state index is 0.101. The van der Waals surface area contributed by atoms with E-state index in [9.17, 15) is 22.3 Å². The number of nitrogens with two attached hydrogens (primary N) is 2. The van der Waals surface area contributed by atoms with Crippen LogP contribution < -0.4 is 30.2 Å². The number of hydrogen-bond donors (Lipinski definition) is 4. The van der Waals surface area contributed by atoms with Crippen LogP contribution in [0, 0.1) is 17.1 Å². The Labute approximate surface area is 229 Å². The number of hydrogen-bond acceptors (Lipinski definition) is 10. The summed E-state index contributed by atoms with van der Waals surface area (Å²) < 4.78 is 70.2. The van der Waals surface area contributed by atoms with Crippen LogP contribution in [0.25, 0.3) is 10.4 Å². The van der Waals surface area contributed by atoms with Crippen molar-refractivity contribution in [2.75, 3.05) is 32.6 Å². The van der Waals surface area contributed by atoms with Crippen molar-refractivity contribution in [3.8, 4) is 33.8 Å². The van der Waals surface area contributed by atoms with Gasteiger partial charge in [0.2, 0.25) is 0 Å². The van der Waals surface area contributed by atoms with Gasteiger partial charge in [0.1, 0.15) is 28.1 Å². The quantitative estimate of drug-likeness (QED) is 0.149. The first kappa shape index (κ1) is 30.5. The van der Waals surface area contributed by atoms with E-state index in [4.69, 9.17) is 30.7 Å². The minimum atomic E-state index is -4.55. The van der Waals surface area contributed by atoms with Gasteiger partial charge in [-0.2, -0.15) is 9.98 Å². The van der Waals surface area contributed by atoms with Gasteiger partial charge in [-0.1, -0.05) is 0 Å². The summed E-state index contributed by atoms with van der Waals surface area (Å²) in [7, 11) is -8.73. The first-order valence-corrected chi connectivity index (χ1v) is 15.8. The lowest BCUT2D eigenvalue weighted by atomic mass is 10.1. The van der Waals surface area contributed by atoms with Crippen molar-refractivity contribution in [1.29, 1.82) is 5.26 Å². The molecule has 3 rings (SSSR count). The molecule has 0 spiro atoms. The summed E-state index contributed by atoms with van der Waals surface area (Å²) in [5.74, 6) is -0.262. The highest BCUT2D eigenvalue weighted by Crippen LogP contribution is 2.42. The van der Waals surface area contributed by atoms with E-state index >= 15 is 0 Å². The molecule has 1 atom stereocenters. The molecule has 0 bridgehead atoms. The zero-order valence-corrected chi connectivity index (χ0v) is 23.2. The lowest BCUT2D eigenvalue weighted by Gasteiger charge is -2.14. The molecule has 1 aromatic heterocycles. The van der Waals surface area contributed by atoms with Gasteiger partial charge in [0.15, 0.2) is 11.5 Å². The number of rotatable bonds is 15. The first-order chi connectivity index (χ1) is 18.6. The monoisotopic (exact) mass is 598 g/mol. The van der Waals surface area contributed by atoms with Crippen molar-refractivity contribution in [1.82, 2.24) is 4.72 Å². The Bertz CT molecular complexity index is 1480. The molecule has 0 aliphatic rings. The summed E-state index contributed by atoms with van der Waals surface area (Å²) in [6, 6.07) is 12.8. The normalized spacial score (nSPS) is 12.9. The van der Waals surface area contributed by atoms with E-state index in [-0.39, 0.29) is 15.5 Å². The summed E-state index contributed by atoms with van der Waals surface area (Å²) in [5.41, 5.74) is 11.5. The molecule has 0 aliphatic carbocycles. The van der Waals surface area contributed by atoms with Gasteiger partial charge in [0.05, 0.1) is 18.8 Å². The van der Waals surface area contributed by atoms with Crippen molar-refractivity contribution in [3.63, 3.8) is 0 Å². The van der Waals surface area contributed by atoms with E-state index in [1.807, 2.05) is 0 Å². The Hall–Kier alpha value is -3.02. The SMILES string of the molecule is N#Cc1ccc(OP(=O)(O)CNS(=O)(=O)c2ccc(-c3ccc(OCCCN)c(OCCCN)c3)s2)cc1F. The van der Waals surface area contributed by atoms with E-state index in [0.717, 1.165) is 29.5 Å². The van der Waals surface area contributed by atoms with Gasteiger partial charge in [-0.25, -0.2) is 17.4 Å². The van der Waals surface area contributed by atoms with Crippen molar-refractivity contribution < 1.29 is 36.3 Å². The number of nitrogens with zero attached hydrogens (tertiary/aromatic N) is 1. The van der Waals surface area contributed by atoms with Crippen LogP contribution >= 0.6 is 18.9 Å². The van der Waals surface area contributed by atoms with Gasteiger partial charge in [0, 0.05) is 10.9 Å². The molecule has 1 heterocycles. The number of sulfonamides is 1. The van der Waals surface area contributed by atoms with E-state index in [0.29, 0.717) is 61.1 Å². The third kappa shape index (κ3) is 8.74. The largest absolute Gasteiger partial charge is 0.490 e. The summed E-state index contributed by atoms with van der Waals surface area (Å²) in [4.78, 5) is 10.7. The van der Waals surface area contributed by atoms with Crippen molar-refractivity contribution in [2.45, 2.75) is 17.1 Å². The third-order valence-corrected chi connectivity index (χ3v) is 9.35. The Kier molecular flexibility index (Phi) is 10.8. The van der Waals surface area contributed by atoms with Gasteiger partial charge in [0.25, 0.3) is 10.0 Å². The van der Waals surface area contributed by atoms with Gasteiger partial charge in [-0.05, 0) is 74.0 Å². The van der Waals surface area contributed by atoms with Crippen LogP contribution in [0.1, 0.15) is 18.4 Å². The predicted molar refractivity (Wildman–Crippen MR) is 145 cm³/mol. The molecule has 1 unspecified atom stereocenters. The highest BCUT2D eigenvalue weighted by molar-refractivity contribution is 7.92. The number of ether oxygens (including phenoxy) is 2. The zero-order valence-electron chi connectivity index (χ0n) is 20.7. The number of nitrogens with one attached hydrogen (secondary N) is 1. The highest BCUT2D eigenvalue weighted by Gasteiger charge is 2.27. The van der Waals surface area contributed by atoms with Crippen LogP contribution in [0.15, 0.2) is 52.7 Å². The molecule has 6 N–H and O–H groups in total. The van der Waals surface area contributed by atoms with Crippen LogP contribution in [0.4, 0.5) is 4.39 Å². The Balaban J connectivity index is 1.72. The van der Waals surface area contributed by atoms with E-state index in [1.165, 1.54) is 6.07 Å². The summed E-state index contributed by atoms with van der Waals surface area (Å²) in [6.07, 6.45) is 0.343. The molecule has 2 aromatic carbocycles. The van der Waals surface area contributed by atoms with E-state index in [2.05, 4.69) is 4.72 Å². The second-order valence-electron chi connectivity index (χ2n) is 8.05.